The van der Waals surface area contributed by atoms with Crippen LogP contribution in [0.3, 0.4) is 0 Å². The molecule has 4 rings (SSSR count). The minimum atomic E-state index is -0.405. The van der Waals surface area contributed by atoms with E-state index in [-0.39, 0.29) is 12.3 Å². The van der Waals surface area contributed by atoms with Gasteiger partial charge in [-0.3, -0.25) is 10.1 Å². The summed E-state index contributed by atoms with van der Waals surface area (Å²) < 4.78 is 0. The number of aromatic nitrogens is 1. The number of benzene rings is 2. The van der Waals surface area contributed by atoms with Crippen molar-refractivity contribution in [2.75, 3.05) is 41.7 Å². The maximum Gasteiger partial charge on any atom is 0.325 e. The van der Waals surface area contributed by atoms with Crippen molar-refractivity contribution in [3.63, 3.8) is 0 Å². The lowest BCUT2D eigenvalue weighted by Crippen LogP contribution is -2.49. The van der Waals surface area contributed by atoms with Crippen LogP contribution in [0.4, 0.5) is 21.3 Å². The Morgan fingerprint density at radius 2 is 1.53 bits per heavy atom. The average Bonchev–Trinajstić information content (AvgIpc) is 3.22. The number of hydrogen-bond acceptors (Lipinski definition) is 5. The van der Waals surface area contributed by atoms with Crippen molar-refractivity contribution >= 4 is 63.0 Å². The molecule has 0 spiro atoms. The summed E-state index contributed by atoms with van der Waals surface area (Å²) >= 11 is 13.1. The molecule has 0 radical (unpaired) electrons. The summed E-state index contributed by atoms with van der Waals surface area (Å²) in [5.41, 5.74) is 2.37. The molecule has 0 unspecified atom stereocenters. The standard InChI is InChI=1S/C22H21Cl2N5O2S/c23-15-1-5-17(6-2-15)25-21(31)27-22-26-18(14-32-22)13-20(30)29-11-9-28(10-12-29)19-7-3-16(24)4-8-19/h1-8,14H,9-13H2,(H2,25,26,27,31). The van der Waals surface area contributed by atoms with Gasteiger partial charge in [0.2, 0.25) is 5.91 Å². The smallest absolute Gasteiger partial charge is 0.325 e. The van der Waals surface area contributed by atoms with Crippen LogP contribution in [0.25, 0.3) is 0 Å². The van der Waals surface area contributed by atoms with Crippen LogP contribution in [-0.4, -0.2) is 48.0 Å². The van der Waals surface area contributed by atoms with Crippen molar-refractivity contribution in [2.45, 2.75) is 6.42 Å². The van der Waals surface area contributed by atoms with E-state index in [2.05, 4.69) is 20.5 Å². The lowest BCUT2D eigenvalue weighted by Gasteiger charge is -2.36. The quantitative estimate of drug-likeness (QED) is 0.529. The number of nitrogens with one attached hydrogen (secondary N) is 2. The molecular weight excluding hydrogens is 469 g/mol. The zero-order valence-corrected chi connectivity index (χ0v) is 19.4. The Morgan fingerprint density at radius 3 is 2.19 bits per heavy atom. The monoisotopic (exact) mass is 489 g/mol. The SMILES string of the molecule is O=C(Nc1ccc(Cl)cc1)Nc1nc(CC(=O)N2CCN(c3ccc(Cl)cc3)CC2)cs1. The van der Waals surface area contributed by atoms with Gasteiger partial charge in [0.05, 0.1) is 12.1 Å². The van der Waals surface area contributed by atoms with Gasteiger partial charge in [-0.05, 0) is 48.5 Å². The highest BCUT2D eigenvalue weighted by Crippen LogP contribution is 2.21. The van der Waals surface area contributed by atoms with Gasteiger partial charge in [0.1, 0.15) is 0 Å². The first-order valence-electron chi connectivity index (χ1n) is 10.0. The number of carbonyl (C=O) groups is 2. The summed E-state index contributed by atoms with van der Waals surface area (Å²) in [5, 5.41) is 8.93. The number of anilines is 3. The van der Waals surface area contributed by atoms with Crippen LogP contribution in [0, 0.1) is 0 Å². The van der Waals surface area contributed by atoms with Gasteiger partial charge in [-0.1, -0.05) is 23.2 Å². The zero-order valence-electron chi connectivity index (χ0n) is 17.1. The number of rotatable bonds is 5. The van der Waals surface area contributed by atoms with Gasteiger partial charge in [-0.15, -0.1) is 11.3 Å². The number of piperazine rings is 1. The lowest BCUT2D eigenvalue weighted by molar-refractivity contribution is -0.130. The molecular formula is C22H21Cl2N5O2S. The van der Waals surface area contributed by atoms with Crippen molar-refractivity contribution in [1.82, 2.24) is 9.88 Å². The Bertz CT molecular complexity index is 1080. The van der Waals surface area contributed by atoms with Crippen LogP contribution in [0.15, 0.2) is 53.9 Å². The van der Waals surface area contributed by atoms with Crippen LogP contribution >= 0.6 is 34.5 Å². The molecule has 0 bridgehead atoms. The molecule has 2 heterocycles. The molecule has 0 saturated carbocycles. The molecule has 1 aromatic heterocycles. The Labute approximate surface area is 200 Å². The fraction of sp³-hybridized carbons (Fsp3) is 0.227. The van der Waals surface area contributed by atoms with E-state index in [9.17, 15) is 9.59 Å². The molecule has 1 aliphatic heterocycles. The molecule has 7 nitrogen and oxygen atoms in total. The third-order valence-electron chi connectivity index (χ3n) is 5.03. The van der Waals surface area contributed by atoms with E-state index in [4.69, 9.17) is 23.2 Å². The first kappa shape index (κ1) is 22.4. The molecule has 0 atom stereocenters. The summed E-state index contributed by atoms with van der Waals surface area (Å²) in [4.78, 5) is 33.3. The van der Waals surface area contributed by atoms with Gasteiger partial charge in [0.15, 0.2) is 5.13 Å². The molecule has 1 fully saturated rings. The van der Waals surface area contributed by atoms with Gasteiger partial charge in [-0.2, -0.15) is 0 Å². The molecule has 1 saturated heterocycles. The van der Waals surface area contributed by atoms with Gasteiger partial charge >= 0.3 is 6.03 Å². The topological polar surface area (TPSA) is 77.6 Å². The van der Waals surface area contributed by atoms with E-state index in [1.165, 1.54) is 11.3 Å². The Morgan fingerprint density at radius 1 is 0.906 bits per heavy atom. The second kappa shape index (κ2) is 10.2. The van der Waals surface area contributed by atoms with Crippen molar-refractivity contribution in [3.05, 3.63) is 69.7 Å². The summed E-state index contributed by atoms with van der Waals surface area (Å²) in [6, 6.07) is 14.1. The van der Waals surface area contributed by atoms with Gasteiger partial charge in [0.25, 0.3) is 0 Å². The predicted molar refractivity (Wildman–Crippen MR) is 130 cm³/mol. The van der Waals surface area contributed by atoms with E-state index in [0.717, 1.165) is 18.8 Å². The zero-order chi connectivity index (χ0) is 22.5. The maximum atomic E-state index is 12.7. The molecule has 3 aromatic rings. The summed E-state index contributed by atoms with van der Waals surface area (Å²) in [5.74, 6) is 0.0308. The molecule has 10 heteroatoms. The highest BCUT2D eigenvalue weighted by Gasteiger charge is 2.22. The van der Waals surface area contributed by atoms with Crippen LogP contribution < -0.4 is 15.5 Å². The Hall–Kier alpha value is -2.81. The van der Waals surface area contributed by atoms with Gasteiger partial charge < -0.3 is 15.1 Å². The third-order valence-corrected chi connectivity index (χ3v) is 6.34. The second-order valence-electron chi connectivity index (χ2n) is 7.25. The van der Waals surface area contributed by atoms with E-state index >= 15 is 0 Å². The van der Waals surface area contributed by atoms with Crippen LogP contribution in [0.2, 0.25) is 10.0 Å². The Balaban J connectivity index is 1.25. The average molecular weight is 490 g/mol. The van der Waals surface area contributed by atoms with E-state index in [1.807, 2.05) is 29.2 Å². The van der Waals surface area contributed by atoms with Crippen molar-refractivity contribution in [2.24, 2.45) is 0 Å². The van der Waals surface area contributed by atoms with Crippen LogP contribution in [-0.2, 0) is 11.2 Å². The summed E-state index contributed by atoms with van der Waals surface area (Å²) in [6.45, 7) is 2.84. The first-order chi connectivity index (χ1) is 15.5. The predicted octanol–water partition coefficient (Wildman–Crippen LogP) is 4.99. The molecule has 0 aliphatic carbocycles. The minimum Gasteiger partial charge on any atom is -0.368 e. The highest BCUT2D eigenvalue weighted by atomic mass is 35.5. The van der Waals surface area contributed by atoms with Crippen molar-refractivity contribution < 1.29 is 9.59 Å². The lowest BCUT2D eigenvalue weighted by atomic mass is 10.2. The Kier molecular flexibility index (Phi) is 7.14. The number of thiazole rings is 1. The van der Waals surface area contributed by atoms with E-state index in [1.54, 1.807) is 29.6 Å². The third kappa shape index (κ3) is 5.91. The van der Waals surface area contributed by atoms with Gasteiger partial charge in [0, 0.05) is 53.0 Å². The second-order valence-corrected chi connectivity index (χ2v) is 8.98. The summed E-state index contributed by atoms with van der Waals surface area (Å²) in [6.07, 6.45) is 0.206. The van der Waals surface area contributed by atoms with Crippen molar-refractivity contribution in [3.8, 4) is 0 Å². The highest BCUT2D eigenvalue weighted by molar-refractivity contribution is 7.14. The van der Waals surface area contributed by atoms with Gasteiger partial charge in [-0.25, -0.2) is 9.78 Å². The first-order valence-corrected chi connectivity index (χ1v) is 11.7. The number of amides is 3. The normalized spacial score (nSPS) is 13.7. The minimum absolute atomic E-state index is 0.0308. The van der Waals surface area contributed by atoms with Crippen molar-refractivity contribution in [1.29, 1.82) is 0 Å². The maximum absolute atomic E-state index is 12.7. The molecule has 3 amide bonds. The van der Waals surface area contributed by atoms with Crippen LogP contribution in [0.5, 0.6) is 0 Å². The molecule has 2 aromatic carbocycles. The largest absolute Gasteiger partial charge is 0.368 e. The number of hydrogen-bond donors (Lipinski definition) is 2. The van der Waals surface area contributed by atoms with Crippen LogP contribution in [0.1, 0.15) is 5.69 Å². The van der Waals surface area contributed by atoms with E-state index in [0.29, 0.717) is 39.6 Å². The molecule has 166 valence electrons. The number of carbonyl (C=O) groups excluding carboxylic acids is 2. The fourth-order valence-corrected chi connectivity index (χ4v) is 4.33. The number of halogens is 2. The number of urea groups is 1. The molecule has 1 aliphatic rings. The fourth-order valence-electron chi connectivity index (χ4n) is 3.37. The van der Waals surface area contributed by atoms with E-state index < -0.39 is 6.03 Å². The molecule has 32 heavy (non-hydrogen) atoms. The molecule has 2 N–H and O–H groups in total. The number of nitrogens with zero attached hydrogens (tertiary/aromatic N) is 3. The summed E-state index contributed by atoms with van der Waals surface area (Å²) in [7, 11) is 0.